The van der Waals surface area contributed by atoms with Crippen molar-refractivity contribution in [3.05, 3.63) is 28.8 Å². The van der Waals surface area contributed by atoms with Crippen LogP contribution in [0.5, 0.6) is 0 Å². The van der Waals surface area contributed by atoms with Gasteiger partial charge in [0.05, 0.1) is 16.6 Å². The number of hydrogen-bond acceptors (Lipinski definition) is 5. The molecule has 0 radical (unpaired) electrons. The molecule has 0 N–H and O–H groups in total. The van der Waals surface area contributed by atoms with Crippen LogP contribution in [0, 0.1) is 13.8 Å². The van der Waals surface area contributed by atoms with Crippen molar-refractivity contribution in [1.82, 2.24) is 0 Å². The second kappa shape index (κ2) is 6.34. The minimum atomic E-state index is -3.90. The molecule has 0 amide bonds. The highest BCUT2D eigenvalue weighted by molar-refractivity contribution is 8.13. The Labute approximate surface area is 128 Å². The molecular weight excluding hydrogens is 316 g/mol. The molecule has 0 aromatic heterocycles. The number of hydrogen-bond donors (Lipinski definition) is 0. The number of ether oxygens (including phenoxy) is 2. The lowest BCUT2D eigenvalue weighted by Gasteiger charge is -2.12. The maximum Gasteiger partial charge on any atom is 0.338 e. The van der Waals surface area contributed by atoms with Gasteiger partial charge in [-0.3, -0.25) is 0 Å². The first kappa shape index (κ1) is 16.3. The summed E-state index contributed by atoms with van der Waals surface area (Å²) < 4.78 is 33.6. The molecule has 0 spiro atoms. The molecule has 21 heavy (non-hydrogen) atoms. The molecule has 7 heteroatoms. The summed E-state index contributed by atoms with van der Waals surface area (Å²) in [6, 6.07) is 2.85. The van der Waals surface area contributed by atoms with E-state index in [0.29, 0.717) is 17.7 Å². The minimum Gasteiger partial charge on any atom is -0.459 e. The Morgan fingerprint density at radius 1 is 1.43 bits per heavy atom. The fraction of sp³-hybridized carbons (Fsp3) is 0.500. The van der Waals surface area contributed by atoms with Gasteiger partial charge in [-0.15, -0.1) is 0 Å². The highest BCUT2D eigenvalue weighted by atomic mass is 35.7. The molecule has 1 fully saturated rings. The standard InChI is InChI=1S/C14H17ClO5S/c1-9-6-11(7-13(10(9)2)21(15,17)18)14(16)20-8-12-4-3-5-19-12/h6-7,12H,3-5,8H2,1-2H3. The fourth-order valence-corrected chi connectivity index (χ4v) is 3.50. The van der Waals surface area contributed by atoms with Crippen LogP contribution in [-0.4, -0.2) is 33.7 Å². The van der Waals surface area contributed by atoms with Crippen molar-refractivity contribution in [2.45, 2.75) is 37.7 Å². The number of halogens is 1. The first-order chi connectivity index (χ1) is 9.79. The van der Waals surface area contributed by atoms with Crippen LogP contribution >= 0.6 is 10.7 Å². The Hall–Kier alpha value is -1.11. The lowest BCUT2D eigenvalue weighted by atomic mass is 10.1. The van der Waals surface area contributed by atoms with Crippen molar-refractivity contribution in [2.75, 3.05) is 13.2 Å². The van der Waals surface area contributed by atoms with E-state index in [4.69, 9.17) is 20.2 Å². The molecule has 116 valence electrons. The number of benzene rings is 1. The van der Waals surface area contributed by atoms with Crippen molar-refractivity contribution >= 4 is 25.7 Å². The molecule has 1 saturated heterocycles. The molecule has 5 nitrogen and oxygen atoms in total. The van der Waals surface area contributed by atoms with Gasteiger partial charge in [0.1, 0.15) is 6.61 Å². The second-order valence-corrected chi connectivity index (χ2v) is 7.62. The van der Waals surface area contributed by atoms with E-state index < -0.39 is 15.0 Å². The van der Waals surface area contributed by atoms with E-state index in [9.17, 15) is 13.2 Å². The number of rotatable bonds is 4. The van der Waals surface area contributed by atoms with Crippen LogP contribution in [0.2, 0.25) is 0 Å². The maximum atomic E-state index is 12.0. The third-order valence-corrected chi connectivity index (χ3v) is 4.99. The molecule has 0 saturated carbocycles. The monoisotopic (exact) mass is 332 g/mol. The van der Waals surface area contributed by atoms with Crippen LogP contribution in [0.3, 0.4) is 0 Å². The highest BCUT2D eigenvalue weighted by Crippen LogP contribution is 2.24. The van der Waals surface area contributed by atoms with Gasteiger partial charge in [-0.1, -0.05) is 0 Å². The molecule has 1 atom stereocenters. The Bertz CT molecular complexity index is 648. The zero-order chi connectivity index (χ0) is 15.6. The van der Waals surface area contributed by atoms with E-state index in [2.05, 4.69) is 0 Å². The normalized spacial score (nSPS) is 18.7. The molecule has 1 aliphatic rings. The van der Waals surface area contributed by atoms with Crippen LogP contribution in [0.25, 0.3) is 0 Å². The summed E-state index contributed by atoms with van der Waals surface area (Å²) in [6.07, 6.45) is 1.75. The van der Waals surface area contributed by atoms with E-state index in [1.54, 1.807) is 19.9 Å². The maximum absolute atomic E-state index is 12.0. The molecule has 1 aromatic rings. The predicted octanol–water partition coefficient (Wildman–Crippen LogP) is 2.57. The number of carbonyl (C=O) groups excluding carboxylic acids is 1. The van der Waals surface area contributed by atoms with E-state index in [1.165, 1.54) is 6.07 Å². The first-order valence-electron chi connectivity index (χ1n) is 6.63. The molecular formula is C14H17ClO5S. The van der Waals surface area contributed by atoms with E-state index in [0.717, 1.165) is 12.8 Å². The van der Waals surface area contributed by atoms with Gasteiger partial charge in [-0.2, -0.15) is 0 Å². The molecule has 0 bridgehead atoms. The van der Waals surface area contributed by atoms with E-state index >= 15 is 0 Å². The topological polar surface area (TPSA) is 69.7 Å². The molecule has 2 rings (SSSR count). The molecule has 1 heterocycles. The third-order valence-electron chi connectivity index (χ3n) is 3.54. The van der Waals surface area contributed by atoms with Gasteiger partial charge in [0, 0.05) is 17.3 Å². The molecule has 0 aliphatic carbocycles. The van der Waals surface area contributed by atoms with Crippen molar-refractivity contribution in [3.63, 3.8) is 0 Å². The summed E-state index contributed by atoms with van der Waals surface area (Å²) in [5.41, 5.74) is 1.37. The first-order valence-corrected chi connectivity index (χ1v) is 8.94. The van der Waals surface area contributed by atoms with Gasteiger partial charge < -0.3 is 9.47 Å². The Morgan fingerprint density at radius 2 is 2.14 bits per heavy atom. The largest absolute Gasteiger partial charge is 0.459 e. The lowest BCUT2D eigenvalue weighted by molar-refractivity contribution is 0.0161. The lowest BCUT2D eigenvalue weighted by Crippen LogP contribution is -2.18. The van der Waals surface area contributed by atoms with Crippen molar-refractivity contribution < 1.29 is 22.7 Å². The van der Waals surface area contributed by atoms with E-state index in [-0.39, 0.29) is 23.2 Å². The third kappa shape index (κ3) is 3.96. The van der Waals surface area contributed by atoms with Gasteiger partial charge in [0.25, 0.3) is 9.05 Å². The Balaban J connectivity index is 2.19. The molecule has 1 aromatic carbocycles. The van der Waals surface area contributed by atoms with Crippen LogP contribution < -0.4 is 0 Å². The average molecular weight is 333 g/mol. The SMILES string of the molecule is Cc1cc(C(=O)OCC2CCCO2)cc(S(=O)(=O)Cl)c1C. The van der Waals surface area contributed by atoms with Gasteiger partial charge in [0.2, 0.25) is 0 Å². The summed E-state index contributed by atoms with van der Waals surface area (Å²) in [6.45, 7) is 4.22. The zero-order valence-electron chi connectivity index (χ0n) is 11.9. The average Bonchev–Trinajstić information content (AvgIpc) is 2.90. The van der Waals surface area contributed by atoms with Gasteiger partial charge in [0.15, 0.2) is 0 Å². The molecule has 1 aliphatic heterocycles. The van der Waals surface area contributed by atoms with Crippen molar-refractivity contribution in [2.24, 2.45) is 0 Å². The summed E-state index contributed by atoms with van der Waals surface area (Å²) >= 11 is 0. The van der Waals surface area contributed by atoms with Crippen molar-refractivity contribution in [1.29, 1.82) is 0 Å². The molecule has 1 unspecified atom stereocenters. The number of aryl methyl sites for hydroxylation is 1. The van der Waals surface area contributed by atoms with Crippen molar-refractivity contribution in [3.8, 4) is 0 Å². The quantitative estimate of drug-likeness (QED) is 0.626. The minimum absolute atomic E-state index is 0.0618. The van der Waals surface area contributed by atoms with Gasteiger partial charge in [-0.25, -0.2) is 13.2 Å². The van der Waals surface area contributed by atoms with E-state index in [1.807, 2.05) is 0 Å². The summed E-state index contributed by atoms with van der Waals surface area (Å²) in [7, 11) is 1.49. The number of carbonyl (C=O) groups is 1. The Morgan fingerprint density at radius 3 is 2.71 bits per heavy atom. The predicted molar refractivity (Wildman–Crippen MR) is 78.2 cm³/mol. The smallest absolute Gasteiger partial charge is 0.338 e. The summed E-state index contributed by atoms with van der Waals surface area (Å²) in [5, 5.41) is 0. The van der Waals surface area contributed by atoms with Crippen LogP contribution in [0.4, 0.5) is 0 Å². The second-order valence-electron chi connectivity index (χ2n) is 5.09. The summed E-state index contributed by atoms with van der Waals surface area (Å²) in [5.74, 6) is -0.574. The zero-order valence-corrected chi connectivity index (χ0v) is 13.5. The van der Waals surface area contributed by atoms with Crippen LogP contribution in [0.15, 0.2) is 17.0 Å². The highest BCUT2D eigenvalue weighted by Gasteiger charge is 2.21. The fourth-order valence-electron chi connectivity index (χ4n) is 2.23. The van der Waals surface area contributed by atoms with Crippen LogP contribution in [0.1, 0.15) is 34.3 Å². The van der Waals surface area contributed by atoms with Crippen LogP contribution in [-0.2, 0) is 18.5 Å². The summed E-state index contributed by atoms with van der Waals surface area (Å²) in [4.78, 5) is 12.0. The van der Waals surface area contributed by atoms with Gasteiger partial charge >= 0.3 is 5.97 Å². The Kier molecular flexibility index (Phi) is 4.91. The van der Waals surface area contributed by atoms with Gasteiger partial charge in [-0.05, 0) is 49.9 Å². The number of esters is 1.